The van der Waals surface area contributed by atoms with Crippen LogP contribution in [-0.2, 0) is 13.0 Å². The Labute approximate surface area is 234 Å². The number of nitrogens with one attached hydrogen (secondary N) is 2. The monoisotopic (exact) mass is 601 g/mol. The molecule has 200 valence electrons. The minimum Gasteiger partial charge on any atom is -0.496 e. The number of benzene rings is 2. The Morgan fingerprint density at radius 1 is 1.21 bits per heavy atom. The molecule has 0 saturated heterocycles. The maximum atomic E-state index is 13.8. The van der Waals surface area contributed by atoms with Crippen molar-refractivity contribution in [3.8, 4) is 11.4 Å². The van der Waals surface area contributed by atoms with Gasteiger partial charge in [0.1, 0.15) is 5.75 Å². The second kappa shape index (κ2) is 11.2. The number of carbonyl (C=O) groups excluding carboxylic acids is 2. The summed E-state index contributed by atoms with van der Waals surface area (Å²) in [6.07, 6.45) is 0.336. The summed E-state index contributed by atoms with van der Waals surface area (Å²) in [5.74, 6) is 0.277. The average Bonchev–Trinajstić information content (AvgIpc) is 2.89. The molecule has 1 aliphatic heterocycles. The van der Waals surface area contributed by atoms with Crippen LogP contribution in [0.1, 0.15) is 52.7 Å². The summed E-state index contributed by atoms with van der Waals surface area (Å²) in [5, 5.41) is 6.29. The fourth-order valence-electron chi connectivity index (χ4n) is 4.45. The smallest absolute Gasteiger partial charge is 0.263 e. The van der Waals surface area contributed by atoms with Gasteiger partial charge in [-0.25, -0.2) is 9.55 Å². The van der Waals surface area contributed by atoms with E-state index in [0.29, 0.717) is 55.7 Å². The van der Waals surface area contributed by atoms with Crippen LogP contribution >= 0.6 is 27.5 Å². The summed E-state index contributed by atoms with van der Waals surface area (Å²) in [5.41, 5.74) is 2.31. The number of hydrogen-bond donors (Lipinski definition) is 2. The lowest BCUT2D eigenvalue weighted by molar-refractivity contribution is 0.0649. The second-order valence-electron chi connectivity index (χ2n) is 9.38. The van der Waals surface area contributed by atoms with E-state index in [1.54, 1.807) is 48.3 Å². The van der Waals surface area contributed by atoms with Crippen molar-refractivity contribution in [1.29, 1.82) is 0 Å². The molecule has 1 aliphatic rings. The van der Waals surface area contributed by atoms with Crippen molar-refractivity contribution in [3.63, 3.8) is 0 Å². The van der Waals surface area contributed by atoms with Gasteiger partial charge >= 0.3 is 0 Å². The van der Waals surface area contributed by atoms with Crippen molar-refractivity contribution >= 4 is 45.3 Å². The highest BCUT2D eigenvalue weighted by Gasteiger charge is 2.33. The topological polar surface area (TPSA) is 106 Å². The lowest BCUT2D eigenvalue weighted by Gasteiger charge is -2.35. The van der Waals surface area contributed by atoms with Crippen LogP contribution in [0.25, 0.3) is 5.69 Å². The van der Waals surface area contributed by atoms with E-state index < -0.39 is 0 Å². The molecule has 0 spiro atoms. The quantitative estimate of drug-likeness (QED) is 0.433. The van der Waals surface area contributed by atoms with E-state index in [-0.39, 0.29) is 36.0 Å². The zero-order valence-corrected chi connectivity index (χ0v) is 24.1. The van der Waals surface area contributed by atoms with Gasteiger partial charge in [-0.05, 0) is 73.5 Å². The van der Waals surface area contributed by atoms with Gasteiger partial charge in [0.05, 0.1) is 35.6 Å². The van der Waals surface area contributed by atoms with Crippen molar-refractivity contribution in [2.24, 2.45) is 0 Å². The molecule has 9 nitrogen and oxygen atoms in total. The first-order chi connectivity index (χ1) is 18.0. The molecule has 0 bridgehead atoms. The number of nitrogens with zero attached hydrogens (tertiary/aromatic N) is 3. The lowest BCUT2D eigenvalue weighted by Crippen LogP contribution is -2.46. The van der Waals surface area contributed by atoms with E-state index in [0.717, 1.165) is 0 Å². The minimum absolute atomic E-state index is 0.00716. The van der Waals surface area contributed by atoms with Crippen molar-refractivity contribution < 1.29 is 14.3 Å². The summed E-state index contributed by atoms with van der Waals surface area (Å²) in [7, 11) is 3.05. The van der Waals surface area contributed by atoms with Gasteiger partial charge in [-0.1, -0.05) is 11.6 Å². The first-order valence-electron chi connectivity index (χ1n) is 12.1. The fourth-order valence-corrected chi connectivity index (χ4v) is 4.95. The van der Waals surface area contributed by atoms with Gasteiger partial charge in [-0.2, -0.15) is 0 Å². The molecule has 2 N–H and O–H groups in total. The average molecular weight is 603 g/mol. The van der Waals surface area contributed by atoms with Gasteiger partial charge in [-0.15, -0.1) is 0 Å². The molecule has 0 radical (unpaired) electrons. The third kappa shape index (κ3) is 5.28. The summed E-state index contributed by atoms with van der Waals surface area (Å²) >= 11 is 9.58. The van der Waals surface area contributed by atoms with Gasteiger partial charge in [0.15, 0.2) is 0 Å². The summed E-state index contributed by atoms with van der Waals surface area (Å²) in [6.45, 7) is 5.97. The molecule has 1 atom stereocenters. The molecule has 2 heterocycles. The molecule has 2 amide bonds. The van der Waals surface area contributed by atoms with E-state index in [1.165, 1.54) is 11.7 Å². The fraction of sp³-hybridized carbons (Fsp3) is 0.333. The van der Waals surface area contributed by atoms with Crippen LogP contribution in [0.3, 0.4) is 0 Å². The Morgan fingerprint density at radius 2 is 1.89 bits per heavy atom. The minimum atomic E-state index is -0.267. The third-order valence-corrected chi connectivity index (χ3v) is 7.58. The highest BCUT2D eigenvalue weighted by molar-refractivity contribution is 9.10. The first-order valence-corrected chi connectivity index (χ1v) is 13.3. The Hall–Kier alpha value is -3.37. The molecule has 0 fully saturated rings. The van der Waals surface area contributed by atoms with Crippen LogP contribution in [0.15, 0.2) is 45.7 Å². The Morgan fingerprint density at radius 3 is 2.50 bits per heavy atom. The third-order valence-electron chi connectivity index (χ3n) is 6.38. The number of methoxy groups -OCH3 is 1. The van der Waals surface area contributed by atoms with Crippen LogP contribution in [0.4, 0.5) is 5.95 Å². The molecule has 0 unspecified atom stereocenters. The molecule has 11 heteroatoms. The summed E-state index contributed by atoms with van der Waals surface area (Å²) in [4.78, 5) is 45.9. The van der Waals surface area contributed by atoms with Crippen LogP contribution in [0, 0.1) is 0 Å². The van der Waals surface area contributed by atoms with Crippen LogP contribution < -0.4 is 20.9 Å². The number of carbonyl (C=O) groups is 2. The maximum Gasteiger partial charge on any atom is 0.263 e. The zero-order valence-electron chi connectivity index (χ0n) is 21.8. The molecule has 3 aromatic rings. The molecule has 0 saturated carbocycles. The highest BCUT2D eigenvalue weighted by Crippen LogP contribution is 2.33. The van der Waals surface area contributed by atoms with Gasteiger partial charge in [0.2, 0.25) is 5.95 Å². The molecular formula is C27H29BrClN5O4. The van der Waals surface area contributed by atoms with Crippen molar-refractivity contribution in [2.75, 3.05) is 19.5 Å². The number of anilines is 1. The number of rotatable bonds is 6. The number of ether oxygens (including phenoxy) is 1. The zero-order chi connectivity index (χ0) is 27.7. The first kappa shape index (κ1) is 27.7. The van der Waals surface area contributed by atoms with Crippen LogP contribution in [0.5, 0.6) is 5.75 Å². The molecule has 2 aromatic carbocycles. The predicted octanol–water partition coefficient (Wildman–Crippen LogP) is 4.42. The van der Waals surface area contributed by atoms with Crippen molar-refractivity contribution in [2.45, 2.75) is 45.8 Å². The van der Waals surface area contributed by atoms with E-state index in [2.05, 4.69) is 26.6 Å². The lowest BCUT2D eigenvalue weighted by atomic mass is 9.98. The summed E-state index contributed by atoms with van der Waals surface area (Å²) in [6, 6.07) is 9.74. The van der Waals surface area contributed by atoms with E-state index in [4.69, 9.17) is 21.3 Å². The normalized spacial score (nSPS) is 14.7. The van der Waals surface area contributed by atoms with E-state index in [1.807, 2.05) is 20.8 Å². The predicted molar refractivity (Wildman–Crippen MR) is 151 cm³/mol. The van der Waals surface area contributed by atoms with Crippen LogP contribution in [0.2, 0.25) is 5.02 Å². The molecule has 38 heavy (non-hydrogen) atoms. The number of fused-ring (bicyclic) bond motifs is 1. The van der Waals surface area contributed by atoms with Crippen molar-refractivity contribution in [3.05, 3.63) is 78.6 Å². The largest absolute Gasteiger partial charge is 0.496 e. The molecule has 4 rings (SSSR count). The van der Waals surface area contributed by atoms with Gasteiger partial charge in [-0.3, -0.25) is 14.4 Å². The van der Waals surface area contributed by atoms with Gasteiger partial charge in [0.25, 0.3) is 17.4 Å². The molecule has 0 aliphatic carbocycles. The maximum absolute atomic E-state index is 13.8. The van der Waals surface area contributed by atoms with Crippen molar-refractivity contribution in [1.82, 2.24) is 19.8 Å². The van der Waals surface area contributed by atoms with Crippen LogP contribution in [-0.4, -0.2) is 52.5 Å². The van der Waals surface area contributed by atoms with E-state index in [9.17, 15) is 14.4 Å². The van der Waals surface area contributed by atoms with E-state index >= 15 is 0 Å². The molecule has 1 aromatic heterocycles. The number of amides is 2. The SMILES string of the molecule is CNC(=O)c1ccc(-n2c(NC(C)C)nc3c(c2=O)C[C@@H](C)N(C(=O)c2cc(Br)c(Cl)cc2OC)C3)cc1. The number of halogens is 2. The molecular weight excluding hydrogens is 574 g/mol. The highest BCUT2D eigenvalue weighted by atomic mass is 79.9. The Kier molecular flexibility index (Phi) is 8.13. The summed E-state index contributed by atoms with van der Waals surface area (Å²) < 4.78 is 7.53. The van der Waals surface area contributed by atoms with Gasteiger partial charge < -0.3 is 20.3 Å². The number of hydrogen-bond acceptors (Lipinski definition) is 6. The van der Waals surface area contributed by atoms with Gasteiger partial charge in [0, 0.05) is 40.8 Å². The number of aromatic nitrogens is 2. The Balaban J connectivity index is 1.77. The Bertz CT molecular complexity index is 1460. The second-order valence-corrected chi connectivity index (χ2v) is 10.6. The standard InChI is InChI=1S/C27H29BrClN5O4/c1-14(2)31-27-32-22-13-33(25(36)19-11-20(28)21(29)12-23(19)38-5)15(3)10-18(22)26(37)34(27)17-8-6-16(7-9-17)24(35)30-4/h6-9,11-12,14-15H,10,13H2,1-5H3,(H,30,35)(H,31,32)/t15-/m1/s1.